The van der Waals surface area contributed by atoms with Gasteiger partial charge in [0.05, 0.1) is 25.8 Å². The molecule has 22 heavy (non-hydrogen) atoms. The molecule has 1 aliphatic heterocycles. The normalized spacial score (nSPS) is 20.8. The minimum absolute atomic E-state index is 0.0248. The second-order valence-electron chi connectivity index (χ2n) is 5.77. The van der Waals surface area contributed by atoms with Crippen LogP contribution in [0.25, 0.3) is 10.9 Å². The third kappa shape index (κ3) is 2.25. The number of carboxylic acids is 1. The van der Waals surface area contributed by atoms with Gasteiger partial charge in [-0.05, 0) is 30.5 Å². The van der Waals surface area contributed by atoms with Crippen LogP contribution < -0.4 is 4.74 Å². The van der Waals surface area contributed by atoms with Crippen LogP contribution in [0.3, 0.4) is 0 Å². The summed E-state index contributed by atoms with van der Waals surface area (Å²) in [5.74, 6) is -0.0236. The number of aromatic nitrogens is 1. The van der Waals surface area contributed by atoms with Crippen molar-refractivity contribution in [1.29, 1.82) is 0 Å². The smallest absolute Gasteiger partial charge is 0.306 e. The third-order valence-corrected chi connectivity index (χ3v) is 4.39. The summed E-state index contributed by atoms with van der Waals surface area (Å²) in [6, 6.07) is 5.86. The van der Waals surface area contributed by atoms with Gasteiger partial charge in [0.2, 0.25) is 0 Å². The molecule has 0 saturated carbocycles. The topological polar surface area (TPSA) is 71.5 Å². The Hall–Kier alpha value is -2.01. The van der Waals surface area contributed by atoms with Gasteiger partial charge in [0.1, 0.15) is 11.4 Å². The van der Waals surface area contributed by atoms with Crippen molar-refractivity contribution in [3.8, 4) is 5.75 Å². The molecule has 2 heterocycles. The number of hydrogen-bond acceptors (Lipinski definition) is 3. The molecule has 0 radical (unpaired) electrons. The molecular weight excluding hydrogens is 282 g/mol. The summed E-state index contributed by atoms with van der Waals surface area (Å²) < 4.78 is 11.5. The highest BCUT2D eigenvalue weighted by Gasteiger charge is 2.41. The van der Waals surface area contributed by atoms with E-state index in [0.717, 1.165) is 40.8 Å². The molecule has 3 rings (SSSR count). The summed E-state index contributed by atoms with van der Waals surface area (Å²) in [6.45, 7) is 2.58. The number of carbonyl (C=O) groups is 1. The Morgan fingerprint density at radius 1 is 1.50 bits per heavy atom. The first-order valence-corrected chi connectivity index (χ1v) is 7.65. The molecule has 0 amide bonds. The van der Waals surface area contributed by atoms with E-state index in [1.807, 2.05) is 25.1 Å². The number of hydrogen-bond donors (Lipinski definition) is 2. The lowest BCUT2D eigenvalue weighted by Gasteiger charge is -2.36. The summed E-state index contributed by atoms with van der Waals surface area (Å²) in [7, 11) is 1.66. The highest BCUT2D eigenvalue weighted by molar-refractivity contribution is 5.91. The van der Waals surface area contributed by atoms with Gasteiger partial charge < -0.3 is 19.6 Å². The van der Waals surface area contributed by atoms with E-state index in [1.54, 1.807) is 7.11 Å². The van der Waals surface area contributed by atoms with Crippen molar-refractivity contribution in [3.63, 3.8) is 0 Å². The Labute approximate surface area is 129 Å². The average Bonchev–Trinajstić information content (AvgIpc) is 2.87. The van der Waals surface area contributed by atoms with Crippen molar-refractivity contribution < 1.29 is 19.4 Å². The van der Waals surface area contributed by atoms with Crippen LogP contribution in [0.1, 0.15) is 37.4 Å². The molecule has 1 unspecified atom stereocenters. The molecule has 118 valence electrons. The number of ether oxygens (including phenoxy) is 2. The first kappa shape index (κ1) is 14.9. The predicted molar refractivity (Wildman–Crippen MR) is 83.3 cm³/mol. The van der Waals surface area contributed by atoms with Gasteiger partial charge in [0.15, 0.2) is 0 Å². The van der Waals surface area contributed by atoms with E-state index >= 15 is 0 Å². The minimum atomic E-state index is -0.841. The van der Waals surface area contributed by atoms with E-state index in [9.17, 15) is 9.90 Å². The maximum atomic E-state index is 11.4. The first-order chi connectivity index (χ1) is 10.6. The molecule has 1 aromatic heterocycles. The van der Waals surface area contributed by atoms with Gasteiger partial charge in [-0.1, -0.05) is 19.4 Å². The molecule has 0 saturated heterocycles. The summed E-state index contributed by atoms with van der Waals surface area (Å²) in [5.41, 5.74) is 2.25. The van der Waals surface area contributed by atoms with Crippen molar-refractivity contribution in [2.75, 3.05) is 13.7 Å². The summed E-state index contributed by atoms with van der Waals surface area (Å²) >= 11 is 0. The van der Waals surface area contributed by atoms with Crippen molar-refractivity contribution in [3.05, 3.63) is 29.5 Å². The van der Waals surface area contributed by atoms with Crippen LogP contribution in [0.15, 0.2) is 18.2 Å². The Kier molecular flexibility index (Phi) is 3.83. The zero-order valence-electron chi connectivity index (χ0n) is 12.9. The molecule has 0 fully saturated rings. The molecule has 2 aromatic rings. The lowest BCUT2D eigenvalue weighted by atomic mass is 9.84. The molecule has 5 heteroatoms. The number of fused-ring (bicyclic) bond motifs is 3. The SMILES string of the molecule is CCCC1(CC(=O)O)OCCc2c1[nH]c1cccc(OC)c21. The summed E-state index contributed by atoms with van der Waals surface area (Å²) in [6.07, 6.45) is 2.28. The molecule has 1 aliphatic rings. The van der Waals surface area contributed by atoms with Crippen LogP contribution in [0.4, 0.5) is 0 Å². The van der Waals surface area contributed by atoms with Crippen molar-refractivity contribution >= 4 is 16.9 Å². The second-order valence-corrected chi connectivity index (χ2v) is 5.77. The molecule has 2 N–H and O–H groups in total. The van der Waals surface area contributed by atoms with Crippen LogP contribution in [-0.4, -0.2) is 29.8 Å². The number of nitrogens with one attached hydrogen (secondary N) is 1. The molecule has 0 bridgehead atoms. The highest BCUT2D eigenvalue weighted by Crippen LogP contribution is 2.44. The zero-order valence-corrected chi connectivity index (χ0v) is 12.9. The molecule has 0 aliphatic carbocycles. The fraction of sp³-hybridized carbons (Fsp3) is 0.471. The van der Waals surface area contributed by atoms with E-state index in [1.165, 1.54) is 0 Å². The molecule has 5 nitrogen and oxygen atoms in total. The van der Waals surface area contributed by atoms with Crippen LogP contribution in [-0.2, 0) is 21.6 Å². The number of aromatic amines is 1. The molecule has 1 aromatic carbocycles. The first-order valence-electron chi connectivity index (χ1n) is 7.65. The van der Waals surface area contributed by atoms with Crippen molar-refractivity contribution in [1.82, 2.24) is 4.98 Å². The number of H-pyrrole nitrogens is 1. The maximum Gasteiger partial charge on any atom is 0.306 e. The quantitative estimate of drug-likeness (QED) is 0.889. The van der Waals surface area contributed by atoms with E-state index in [2.05, 4.69) is 4.98 Å². The Bertz CT molecular complexity index is 706. The average molecular weight is 303 g/mol. The fourth-order valence-electron chi connectivity index (χ4n) is 3.58. The number of benzene rings is 1. The monoisotopic (exact) mass is 303 g/mol. The van der Waals surface area contributed by atoms with Crippen molar-refractivity contribution in [2.45, 2.75) is 38.2 Å². The van der Waals surface area contributed by atoms with Gasteiger partial charge in [0.25, 0.3) is 0 Å². The largest absolute Gasteiger partial charge is 0.496 e. The van der Waals surface area contributed by atoms with Gasteiger partial charge in [0, 0.05) is 10.9 Å². The number of rotatable bonds is 5. The minimum Gasteiger partial charge on any atom is -0.496 e. The lowest BCUT2D eigenvalue weighted by Crippen LogP contribution is -2.37. The predicted octanol–water partition coefficient (Wildman–Crippen LogP) is 3.22. The third-order valence-electron chi connectivity index (χ3n) is 4.39. The molecular formula is C17H21NO4. The van der Waals surface area contributed by atoms with Gasteiger partial charge in [-0.25, -0.2) is 0 Å². The van der Waals surface area contributed by atoms with Crippen molar-refractivity contribution in [2.24, 2.45) is 0 Å². The zero-order chi connectivity index (χ0) is 15.7. The van der Waals surface area contributed by atoms with E-state index < -0.39 is 11.6 Å². The molecule has 1 atom stereocenters. The fourth-order valence-corrected chi connectivity index (χ4v) is 3.58. The second kappa shape index (κ2) is 5.65. The van der Waals surface area contributed by atoms with E-state index in [-0.39, 0.29) is 6.42 Å². The van der Waals surface area contributed by atoms with Gasteiger partial charge in [-0.3, -0.25) is 4.79 Å². The van der Waals surface area contributed by atoms with Crippen LogP contribution >= 0.6 is 0 Å². The van der Waals surface area contributed by atoms with E-state index in [4.69, 9.17) is 9.47 Å². The lowest BCUT2D eigenvalue weighted by molar-refractivity contribution is -0.149. The van der Waals surface area contributed by atoms with Crippen LogP contribution in [0.2, 0.25) is 0 Å². The number of aliphatic carboxylic acids is 1. The van der Waals surface area contributed by atoms with Gasteiger partial charge >= 0.3 is 5.97 Å². The van der Waals surface area contributed by atoms with Crippen LogP contribution in [0, 0.1) is 0 Å². The molecule has 0 spiro atoms. The number of methoxy groups -OCH3 is 1. The van der Waals surface area contributed by atoms with Gasteiger partial charge in [-0.15, -0.1) is 0 Å². The van der Waals surface area contributed by atoms with E-state index in [0.29, 0.717) is 13.0 Å². The van der Waals surface area contributed by atoms with Crippen LogP contribution in [0.5, 0.6) is 5.75 Å². The maximum absolute atomic E-state index is 11.4. The summed E-state index contributed by atoms with van der Waals surface area (Å²) in [5, 5.41) is 10.4. The Morgan fingerprint density at radius 2 is 2.32 bits per heavy atom. The standard InChI is InChI=1S/C17H21NO4/c1-3-8-17(10-14(19)20)16-11(7-9-22-17)15-12(18-16)5-4-6-13(15)21-2/h4-6,18H,3,7-10H2,1-2H3,(H,19,20). The number of carboxylic acid groups (broad SMARTS) is 1. The highest BCUT2D eigenvalue weighted by atomic mass is 16.5. The Balaban J connectivity index is 2.23. The summed E-state index contributed by atoms with van der Waals surface area (Å²) in [4.78, 5) is 14.8. The Morgan fingerprint density at radius 3 is 3.00 bits per heavy atom. The van der Waals surface area contributed by atoms with Gasteiger partial charge in [-0.2, -0.15) is 0 Å².